The molecule has 0 aromatic carbocycles. The standard InChI is InChI=1S/C13H25F3N2O/c1-4-19-12(2,3)9-17-11-5-7-18(8-6-11)10-13(14,15)16/h11,17H,4-10H2,1-3H3. The third-order valence-corrected chi connectivity index (χ3v) is 3.34. The molecular formula is C13H25F3N2O. The molecule has 0 aliphatic carbocycles. The topological polar surface area (TPSA) is 24.5 Å². The quantitative estimate of drug-likeness (QED) is 0.809. The summed E-state index contributed by atoms with van der Waals surface area (Å²) in [6.07, 6.45) is -2.56. The molecule has 0 bridgehead atoms. The Hall–Kier alpha value is -0.330. The molecule has 1 N–H and O–H groups in total. The number of alkyl halides is 3. The van der Waals surface area contributed by atoms with Crippen LogP contribution in [0.1, 0.15) is 33.6 Å². The van der Waals surface area contributed by atoms with Gasteiger partial charge in [-0.2, -0.15) is 13.2 Å². The van der Waals surface area contributed by atoms with E-state index in [9.17, 15) is 13.2 Å². The van der Waals surface area contributed by atoms with Gasteiger partial charge >= 0.3 is 6.18 Å². The van der Waals surface area contributed by atoms with Gasteiger partial charge in [-0.05, 0) is 46.7 Å². The Labute approximate surface area is 113 Å². The van der Waals surface area contributed by atoms with Crippen LogP contribution in [-0.4, -0.2) is 55.5 Å². The second-order valence-corrected chi connectivity index (χ2v) is 5.74. The number of nitrogens with zero attached hydrogens (tertiary/aromatic N) is 1. The predicted molar refractivity (Wildman–Crippen MR) is 69.2 cm³/mol. The van der Waals surface area contributed by atoms with Crippen molar-refractivity contribution in [2.45, 2.75) is 51.4 Å². The highest BCUT2D eigenvalue weighted by Crippen LogP contribution is 2.20. The Morgan fingerprint density at radius 2 is 1.79 bits per heavy atom. The Morgan fingerprint density at radius 1 is 1.21 bits per heavy atom. The van der Waals surface area contributed by atoms with Gasteiger partial charge in [0.2, 0.25) is 0 Å². The van der Waals surface area contributed by atoms with Crippen LogP contribution in [0.2, 0.25) is 0 Å². The lowest BCUT2D eigenvalue weighted by molar-refractivity contribution is -0.148. The molecule has 0 saturated carbocycles. The van der Waals surface area contributed by atoms with Crippen LogP contribution in [0, 0.1) is 0 Å². The number of rotatable bonds is 6. The lowest BCUT2D eigenvalue weighted by Gasteiger charge is -2.34. The first-order valence-electron chi connectivity index (χ1n) is 6.88. The third kappa shape index (κ3) is 7.13. The molecule has 1 fully saturated rings. The second kappa shape index (κ2) is 6.90. The summed E-state index contributed by atoms with van der Waals surface area (Å²) >= 11 is 0. The molecule has 1 aliphatic rings. The zero-order valence-corrected chi connectivity index (χ0v) is 12.0. The number of hydrogen-bond donors (Lipinski definition) is 1. The van der Waals surface area contributed by atoms with Crippen LogP contribution in [0.15, 0.2) is 0 Å². The first-order chi connectivity index (χ1) is 8.72. The zero-order valence-electron chi connectivity index (χ0n) is 12.0. The van der Waals surface area contributed by atoms with Gasteiger partial charge in [0.1, 0.15) is 0 Å². The van der Waals surface area contributed by atoms with Crippen molar-refractivity contribution in [3.8, 4) is 0 Å². The van der Waals surface area contributed by atoms with E-state index < -0.39 is 12.7 Å². The molecule has 0 radical (unpaired) electrons. The van der Waals surface area contributed by atoms with Crippen molar-refractivity contribution in [2.24, 2.45) is 0 Å². The molecule has 1 saturated heterocycles. The summed E-state index contributed by atoms with van der Waals surface area (Å²) < 4.78 is 42.3. The van der Waals surface area contributed by atoms with Crippen LogP contribution in [0.4, 0.5) is 13.2 Å². The van der Waals surface area contributed by atoms with Crippen LogP contribution < -0.4 is 5.32 Å². The highest BCUT2D eigenvalue weighted by Gasteiger charge is 2.32. The van der Waals surface area contributed by atoms with Crippen LogP contribution in [0.25, 0.3) is 0 Å². The Balaban J connectivity index is 2.23. The summed E-state index contributed by atoms with van der Waals surface area (Å²) in [5.74, 6) is 0. The fourth-order valence-electron chi connectivity index (χ4n) is 2.38. The summed E-state index contributed by atoms with van der Waals surface area (Å²) in [5.41, 5.74) is -0.224. The first-order valence-corrected chi connectivity index (χ1v) is 6.88. The van der Waals surface area contributed by atoms with Crippen LogP contribution in [0.5, 0.6) is 0 Å². The van der Waals surface area contributed by atoms with Gasteiger partial charge < -0.3 is 10.1 Å². The summed E-state index contributed by atoms with van der Waals surface area (Å²) in [6.45, 7) is 7.61. The minimum Gasteiger partial charge on any atom is -0.375 e. The minimum absolute atomic E-state index is 0.224. The molecule has 114 valence electrons. The Morgan fingerprint density at radius 3 is 2.26 bits per heavy atom. The maximum Gasteiger partial charge on any atom is 0.401 e. The smallest absolute Gasteiger partial charge is 0.375 e. The van der Waals surface area contributed by atoms with E-state index in [1.54, 1.807) is 0 Å². The van der Waals surface area contributed by atoms with Crippen molar-refractivity contribution < 1.29 is 17.9 Å². The van der Waals surface area contributed by atoms with E-state index in [0.29, 0.717) is 25.7 Å². The van der Waals surface area contributed by atoms with Gasteiger partial charge in [-0.3, -0.25) is 4.90 Å². The molecule has 0 atom stereocenters. The maximum absolute atomic E-state index is 12.3. The monoisotopic (exact) mass is 282 g/mol. The summed E-state index contributed by atoms with van der Waals surface area (Å²) in [6, 6.07) is 0.296. The highest BCUT2D eigenvalue weighted by molar-refractivity contribution is 4.81. The summed E-state index contributed by atoms with van der Waals surface area (Å²) in [5, 5.41) is 3.40. The lowest BCUT2D eigenvalue weighted by Crippen LogP contribution is -2.49. The van der Waals surface area contributed by atoms with E-state index >= 15 is 0 Å². The van der Waals surface area contributed by atoms with Crippen molar-refractivity contribution in [1.82, 2.24) is 10.2 Å². The molecule has 1 rings (SSSR count). The molecular weight excluding hydrogens is 257 g/mol. The predicted octanol–water partition coefficient (Wildman–Crippen LogP) is 2.42. The van der Waals surface area contributed by atoms with Gasteiger partial charge in [-0.1, -0.05) is 0 Å². The fraction of sp³-hybridized carbons (Fsp3) is 1.00. The molecule has 0 spiro atoms. The molecule has 6 heteroatoms. The van der Waals surface area contributed by atoms with Crippen molar-refractivity contribution in [1.29, 1.82) is 0 Å². The SMILES string of the molecule is CCOC(C)(C)CNC1CCN(CC(F)(F)F)CC1. The van der Waals surface area contributed by atoms with Gasteiger partial charge in [-0.25, -0.2) is 0 Å². The van der Waals surface area contributed by atoms with Crippen LogP contribution in [0.3, 0.4) is 0 Å². The molecule has 19 heavy (non-hydrogen) atoms. The van der Waals surface area contributed by atoms with E-state index in [2.05, 4.69) is 5.32 Å². The van der Waals surface area contributed by atoms with Crippen molar-refractivity contribution in [2.75, 3.05) is 32.8 Å². The average Bonchev–Trinajstić information content (AvgIpc) is 2.26. The number of likely N-dealkylation sites (tertiary alicyclic amines) is 1. The Kier molecular flexibility index (Phi) is 6.08. The summed E-state index contributed by atoms with van der Waals surface area (Å²) in [7, 11) is 0. The lowest BCUT2D eigenvalue weighted by atomic mass is 10.0. The van der Waals surface area contributed by atoms with E-state index in [1.807, 2.05) is 20.8 Å². The molecule has 0 aromatic rings. The number of nitrogens with one attached hydrogen (secondary N) is 1. The number of halogens is 3. The number of ether oxygens (including phenoxy) is 1. The third-order valence-electron chi connectivity index (χ3n) is 3.34. The molecule has 0 amide bonds. The van der Waals surface area contributed by atoms with Crippen molar-refractivity contribution in [3.63, 3.8) is 0 Å². The second-order valence-electron chi connectivity index (χ2n) is 5.74. The fourth-order valence-corrected chi connectivity index (χ4v) is 2.38. The van der Waals surface area contributed by atoms with E-state index in [-0.39, 0.29) is 5.60 Å². The molecule has 0 unspecified atom stereocenters. The van der Waals surface area contributed by atoms with Gasteiger partial charge in [-0.15, -0.1) is 0 Å². The van der Waals surface area contributed by atoms with Crippen LogP contribution in [-0.2, 0) is 4.74 Å². The van der Waals surface area contributed by atoms with Gasteiger partial charge in [0.05, 0.1) is 12.1 Å². The average molecular weight is 282 g/mol. The van der Waals surface area contributed by atoms with E-state index in [1.165, 1.54) is 4.90 Å². The van der Waals surface area contributed by atoms with Crippen LogP contribution >= 0.6 is 0 Å². The number of piperidine rings is 1. The Bertz CT molecular complexity index is 261. The maximum atomic E-state index is 12.3. The van der Waals surface area contributed by atoms with E-state index in [4.69, 9.17) is 4.74 Å². The minimum atomic E-state index is -4.09. The van der Waals surface area contributed by atoms with Crippen molar-refractivity contribution in [3.05, 3.63) is 0 Å². The summed E-state index contributed by atoms with van der Waals surface area (Å²) in [4.78, 5) is 1.48. The molecule has 1 aliphatic heterocycles. The molecule has 0 aromatic heterocycles. The zero-order chi connectivity index (χ0) is 14.5. The van der Waals surface area contributed by atoms with Crippen molar-refractivity contribution >= 4 is 0 Å². The largest absolute Gasteiger partial charge is 0.401 e. The first kappa shape index (κ1) is 16.7. The molecule has 1 heterocycles. The van der Waals surface area contributed by atoms with Gasteiger partial charge in [0, 0.05) is 19.2 Å². The van der Waals surface area contributed by atoms with Gasteiger partial charge in [0.25, 0.3) is 0 Å². The van der Waals surface area contributed by atoms with Gasteiger partial charge in [0.15, 0.2) is 0 Å². The normalized spacial score (nSPS) is 19.9. The number of hydrogen-bond acceptors (Lipinski definition) is 3. The molecule has 3 nitrogen and oxygen atoms in total. The highest BCUT2D eigenvalue weighted by atomic mass is 19.4. The van der Waals surface area contributed by atoms with E-state index in [0.717, 1.165) is 19.4 Å².